The Bertz CT molecular complexity index is 663. The predicted octanol–water partition coefficient (Wildman–Crippen LogP) is 4.68. The summed E-state index contributed by atoms with van der Waals surface area (Å²) < 4.78 is 0.827. The van der Waals surface area contributed by atoms with Gasteiger partial charge in [0.1, 0.15) is 5.75 Å². The molecule has 3 nitrogen and oxygen atoms in total. The standard InChI is InChI=1S/C15H13BrClNO2/c1-8-5-9(2)14(11(16)6-8)18-15(20)10-3-4-13(19)12(17)7-10/h3-7,19H,1-2H3,(H,18,20). The first-order valence-electron chi connectivity index (χ1n) is 5.95. The Hall–Kier alpha value is -1.52. The zero-order valence-electron chi connectivity index (χ0n) is 11.0. The van der Waals surface area contributed by atoms with Crippen molar-refractivity contribution in [1.29, 1.82) is 0 Å². The topological polar surface area (TPSA) is 49.3 Å². The number of hydrogen-bond donors (Lipinski definition) is 2. The quantitative estimate of drug-likeness (QED) is 0.823. The van der Waals surface area contributed by atoms with Gasteiger partial charge in [0, 0.05) is 10.0 Å². The summed E-state index contributed by atoms with van der Waals surface area (Å²) in [5, 5.41) is 12.4. The van der Waals surface area contributed by atoms with Crippen molar-refractivity contribution in [2.75, 3.05) is 5.32 Å². The number of benzene rings is 2. The molecule has 0 unspecified atom stereocenters. The molecule has 0 aliphatic carbocycles. The summed E-state index contributed by atoms with van der Waals surface area (Å²) in [5.41, 5.74) is 3.19. The molecule has 0 saturated carbocycles. The summed E-state index contributed by atoms with van der Waals surface area (Å²) in [6.07, 6.45) is 0. The molecule has 2 N–H and O–H groups in total. The van der Waals surface area contributed by atoms with Crippen molar-refractivity contribution in [2.45, 2.75) is 13.8 Å². The van der Waals surface area contributed by atoms with Crippen molar-refractivity contribution in [3.63, 3.8) is 0 Å². The van der Waals surface area contributed by atoms with Crippen molar-refractivity contribution in [2.24, 2.45) is 0 Å². The largest absolute Gasteiger partial charge is 0.506 e. The van der Waals surface area contributed by atoms with E-state index in [4.69, 9.17) is 11.6 Å². The number of anilines is 1. The molecule has 2 aromatic carbocycles. The maximum Gasteiger partial charge on any atom is 0.255 e. The molecule has 2 rings (SSSR count). The lowest BCUT2D eigenvalue weighted by atomic mass is 10.1. The van der Waals surface area contributed by atoms with Crippen molar-refractivity contribution in [1.82, 2.24) is 0 Å². The molecule has 0 radical (unpaired) electrons. The SMILES string of the molecule is Cc1cc(C)c(NC(=O)c2ccc(O)c(Cl)c2)c(Br)c1. The van der Waals surface area contributed by atoms with Gasteiger partial charge in [0.25, 0.3) is 5.91 Å². The molecule has 5 heteroatoms. The number of aromatic hydroxyl groups is 1. The molecule has 0 aromatic heterocycles. The van der Waals surface area contributed by atoms with Crippen molar-refractivity contribution in [3.8, 4) is 5.75 Å². The molecule has 0 saturated heterocycles. The van der Waals surface area contributed by atoms with Gasteiger partial charge in [-0.05, 0) is 65.2 Å². The Morgan fingerprint density at radius 1 is 1.25 bits per heavy atom. The maximum absolute atomic E-state index is 12.2. The normalized spacial score (nSPS) is 10.4. The smallest absolute Gasteiger partial charge is 0.255 e. The Morgan fingerprint density at radius 2 is 1.95 bits per heavy atom. The molecule has 2 aromatic rings. The molecule has 0 heterocycles. The average molecular weight is 355 g/mol. The summed E-state index contributed by atoms with van der Waals surface area (Å²) in [6, 6.07) is 8.28. The molecule has 0 atom stereocenters. The second-order valence-electron chi connectivity index (χ2n) is 4.56. The van der Waals surface area contributed by atoms with E-state index in [1.807, 2.05) is 26.0 Å². The Balaban J connectivity index is 2.30. The Morgan fingerprint density at radius 3 is 2.55 bits per heavy atom. The molecule has 104 valence electrons. The van der Waals surface area contributed by atoms with Gasteiger partial charge in [-0.1, -0.05) is 17.7 Å². The molecule has 20 heavy (non-hydrogen) atoms. The fraction of sp³-hybridized carbons (Fsp3) is 0.133. The molecule has 0 aliphatic heterocycles. The van der Waals surface area contributed by atoms with Crippen LogP contribution in [0.3, 0.4) is 0 Å². The van der Waals surface area contributed by atoms with Crippen LogP contribution in [0.25, 0.3) is 0 Å². The van der Waals surface area contributed by atoms with E-state index in [2.05, 4.69) is 21.2 Å². The zero-order chi connectivity index (χ0) is 14.9. The highest BCUT2D eigenvalue weighted by Gasteiger charge is 2.12. The maximum atomic E-state index is 12.2. The summed E-state index contributed by atoms with van der Waals surface area (Å²) >= 11 is 9.25. The van der Waals surface area contributed by atoms with Gasteiger partial charge < -0.3 is 10.4 Å². The second-order valence-corrected chi connectivity index (χ2v) is 5.82. The number of phenols is 1. The molecule has 0 aliphatic rings. The van der Waals surface area contributed by atoms with E-state index < -0.39 is 0 Å². The van der Waals surface area contributed by atoms with Gasteiger partial charge in [0.2, 0.25) is 0 Å². The number of carbonyl (C=O) groups is 1. The molecular weight excluding hydrogens is 342 g/mol. The van der Waals surface area contributed by atoms with Gasteiger partial charge in [0.05, 0.1) is 10.7 Å². The van der Waals surface area contributed by atoms with Crippen LogP contribution in [0.1, 0.15) is 21.5 Å². The lowest BCUT2D eigenvalue weighted by Gasteiger charge is -2.12. The Labute approximate surface area is 130 Å². The molecular formula is C15H13BrClNO2. The Kier molecular flexibility index (Phi) is 4.35. The lowest BCUT2D eigenvalue weighted by Crippen LogP contribution is -2.13. The molecule has 1 amide bonds. The number of hydrogen-bond acceptors (Lipinski definition) is 2. The first kappa shape index (κ1) is 14.9. The van der Waals surface area contributed by atoms with Crippen LogP contribution in [0, 0.1) is 13.8 Å². The van der Waals surface area contributed by atoms with Crippen LogP contribution in [-0.4, -0.2) is 11.0 Å². The highest BCUT2D eigenvalue weighted by Crippen LogP contribution is 2.29. The highest BCUT2D eigenvalue weighted by molar-refractivity contribution is 9.10. The molecule has 0 spiro atoms. The zero-order valence-corrected chi connectivity index (χ0v) is 13.3. The lowest BCUT2D eigenvalue weighted by molar-refractivity contribution is 0.102. The average Bonchev–Trinajstić information content (AvgIpc) is 2.36. The third-order valence-corrected chi connectivity index (χ3v) is 3.81. The summed E-state index contributed by atoms with van der Waals surface area (Å²) in [5.74, 6) is -0.324. The van der Waals surface area contributed by atoms with Gasteiger partial charge in [0.15, 0.2) is 0 Å². The second kappa shape index (κ2) is 5.85. The van der Waals surface area contributed by atoms with E-state index in [0.29, 0.717) is 5.56 Å². The van der Waals surface area contributed by atoms with Crippen LogP contribution in [0.2, 0.25) is 5.02 Å². The minimum absolute atomic E-state index is 0.0455. The van der Waals surface area contributed by atoms with E-state index in [0.717, 1.165) is 21.3 Å². The summed E-state index contributed by atoms with van der Waals surface area (Å²) in [7, 11) is 0. The molecule has 0 fully saturated rings. The third kappa shape index (κ3) is 3.14. The number of nitrogens with one attached hydrogen (secondary N) is 1. The number of phenolic OH excluding ortho intramolecular Hbond substituents is 1. The first-order valence-corrected chi connectivity index (χ1v) is 7.12. The van der Waals surface area contributed by atoms with Crippen molar-refractivity contribution >= 4 is 39.1 Å². The van der Waals surface area contributed by atoms with Crippen LogP contribution < -0.4 is 5.32 Å². The number of amides is 1. The van der Waals surface area contributed by atoms with E-state index in [1.54, 1.807) is 0 Å². The number of halogens is 2. The summed E-state index contributed by atoms with van der Waals surface area (Å²) in [6.45, 7) is 3.92. The van der Waals surface area contributed by atoms with Crippen LogP contribution >= 0.6 is 27.5 Å². The van der Waals surface area contributed by atoms with Gasteiger partial charge in [-0.25, -0.2) is 0 Å². The van der Waals surface area contributed by atoms with E-state index in [1.165, 1.54) is 18.2 Å². The van der Waals surface area contributed by atoms with Gasteiger partial charge in [-0.3, -0.25) is 4.79 Å². The summed E-state index contributed by atoms with van der Waals surface area (Å²) in [4.78, 5) is 12.2. The molecule has 0 bridgehead atoms. The minimum Gasteiger partial charge on any atom is -0.506 e. The van der Waals surface area contributed by atoms with E-state index >= 15 is 0 Å². The number of carbonyl (C=O) groups excluding carboxylic acids is 1. The van der Waals surface area contributed by atoms with E-state index in [9.17, 15) is 9.90 Å². The van der Waals surface area contributed by atoms with Crippen LogP contribution in [0.15, 0.2) is 34.8 Å². The van der Waals surface area contributed by atoms with E-state index in [-0.39, 0.29) is 16.7 Å². The van der Waals surface area contributed by atoms with Crippen LogP contribution in [0.4, 0.5) is 5.69 Å². The van der Waals surface area contributed by atoms with Gasteiger partial charge in [-0.15, -0.1) is 0 Å². The van der Waals surface area contributed by atoms with Crippen molar-refractivity contribution in [3.05, 3.63) is 56.5 Å². The fourth-order valence-electron chi connectivity index (χ4n) is 1.91. The van der Waals surface area contributed by atoms with Gasteiger partial charge >= 0.3 is 0 Å². The first-order chi connectivity index (χ1) is 9.38. The number of rotatable bonds is 2. The van der Waals surface area contributed by atoms with Gasteiger partial charge in [-0.2, -0.15) is 0 Å². The van der Waals surface area contributed by atoms with Crippen LogP contribution in [0.5, 0.6) is 5.75 Å². The third-order valence-electron chi connectivity index (χ3n) is 2.88. The van der Waals surface area contributed by atoms with Crippen molar-refractivity contribution < 1.29 is 9.90 Å². The number of aryl methyl sites for hydroxylation is 2. The fourth-order valence-corrected chi connectivity index (χ4v) is 2.86. The minimum atomic E-state index is -0.278. The van der Waals surface area contributed by atoms with Crippen LogP contribution in [-0.2, 0) is 0 Å². The highest BCUT2D eigenvalue weighted by atomic mass is 79.9. The predicted molar refractivity (Wildman–Crippen MR) is 84.7 cm³/mol. The monoisotopic (exact) mass is 353 g/mol.